The van der Waals surface area contributed by atoms with E-state index in [2.05, 4.69) is 4.98 Å². The predicted octanol–water partition coefficient (Wildman–Crippen LogP) is 2.07. The first-order chi connectivity index (χ1) is 9.41. The minimum Gasteiger partial charge on any atom is -0.398 e. The van der Waals surface area contributed by atoms with Crippen molar-refractivity contribution in [3.8, 4) is 0 Å². The molecule has 106 valence electrons. The lowest BCUT2D eigenvalue weighted by Gasteiger charge is -2.13. The van der Waals surface area contributed by atoms with Crippen LogP contribution >= 0.6 is 11.8 Å². The Morgan fingerprint density at radius 3 is 2.50 bits per heavy atom. The van der Waals surface area contributed by atoms with Crippen LogP contribution in [0.2, 0.25) is 0 Å². The van der Waals surface area contributed by atoms with Gasteiger partial charge in [-0.25, -0.2) is 17.7 Å². The minimum atomic E-state index is -3.46. The van der Waals surface area contributed by atoms with Crippen molar-refractivity contribution in [1.29, 1.82) is 0 Å². The smallest absolute Gasteiger partial charge is 0.242 e. The molecule has 0 amide bonds. The zero-order chi connectivity index (χ0) is 14.8. The number of hydrogen-bond acceptors (Lipinski definition) is 5. The maximum Gasteiger partial charge on any atom is 0.242 e. The van der Waals surface area contributed by atoms with Gasteiger partial charge >= 0.3 is 0 Å². The van der Waals surface area contributed by atoms with Crippen LogP contribution in [0.25, 0.3) is 0 Å². The number of sulfonamides is 1. The molecule has 2 aromatic rings. The summed E-state index contributed by atoms with van der Waals surface area (Å²) in [5.41, 5.74) is 6.35. The average molecular weight is 309 g/mol. The molecular formula is C13H15N3O2S2. The molecule has 0 atom stereocenters. The van der Waals surface area contributed by atoms with Crippen molar-refractivity contribution in [3.05, 3.63) is 42.6 Å². The van der Waals surface area contributed by atoms with Crippen molar-refractivity contribution >= 4 is 27.5 Å². The molecule has 20 heavy (non-hydrogen) atoms. The SMILES string of the molecule is CN(C)S(=O)(=O)c1ccc(Sc2ccccn2)c(N)c1. The highest BCUT2D eigenvalue weighted by molar-refractivity contribution is 7.99. The molecule has 5 nitrogen and oxygen atoms in total. The molecule has 7 heteroatoms. The number of benzene rings is 1. The van der Waals surface area contributed by atoms with Crippen molar-refractivity contribution in [2.45, 2.75) is 14.8 Å². The molecule has 0 spiro atoms. The van der Waals surface area contributed by atoms with Crippen LogP contribution in [0.5, 0.6) is 0 Å². The highest BCUT2D eigenvalue weighted by atomic mass is 32.2. The molecule has 0 aliphatic carbocycles. The summed E-state index contributed by atoms with van der Waals surface area (Å²) in [5.74, 6) is 0. The standard InChI is InChI=1S/C13H15N3O2S2/c1-16(2)20(17,18)10-6-7-12(11(14)9-10)19-13-5-3-4-8-15-13/h3-9H,14H2,1-2H3. The summed E-state index contributed by atoms with van der Waals surface area (Å²) in [6, 6.07) is 10.3. The minimum absolute atomic E-state index is 0.186. The first-order valence-corrected chi connectivity index (χ1v) is 8.08. The number of rotatable bonds is 4. The number of anilines is 1. The molecule has 0 fully saturated rings. The second-order valence-electron chi connectivity index (χ2n) is 4.26. The van der Waals surface area contributed by atoms with E-state index >= 15 is 0 Å². The fourth-order valence-corrected chi connectivity index (χ4v) is 3.25. The Morgan fingerprint density at radius 2 is 1.95 bits per heavy atom. The Balaban J connectivity index is 2.32. The van der Waals surface area contributed by atoms with E-state index in [0.29, 0.717) is 5.69 Å². The van der Waals surface area contributed by atoms with E-state index in [9.17, 15) is 8.42 Å². The van der Waals surface area contributed by atoms with Gasteiger partial charge in [0.25, 0.3) is 0 Å². The summed E-state index contributed by atoms with van der Waals surface area (Å²) in [6.45, 7) is 0. The Hall–Kier alpha value is -1.57. The highest BCUT2D eigenvalue weighted by Crippen LogP contribution is 2.32. The fourth-order valence-electron chi connectivity index (χ4n) is 1.51. The molecule has 0 saturated carbocycles. The topological polar surface area (TPSA) is 76.3 Å². The van der Waals surface area contributed by atoms with E-state index in [1.807, 2.05) is 18.2 Å². The monoisotopic (exact) mass is 309 g/mol. The molecule has 1 aromatic heterocycles. The number of aromatic nitrogens is 1. The van der Waals surface area contributed by atoms with Crippen molar-refractivity contribution in [2.24, 2.45) is 0 Å². The molecule has 1 heterocycles. The Kier molecular flexibility index (Phi) is 4.32. The lowest BCUT2D eigenvalue weighted by molar-refractivity contribution is 0.520. The lowest BCUT2D eigenvalue weighted by atomic mass is 10.3. The third kappa shape index (κ3) is 3.12. The first kappa shape index (κ1) is 14.8. The van der Waals surface area contributed by atoms with Gasteiger partial charge < -0.3 is 5.73 Å². The van der Waals surface area contributed by atoms with E-state index in [1.165, 1.54) is 31.9 Å². The molecule has 1 aromatic carbocycles. The van der Waals surface area contributed by atoms with Crippen LogP contribution in [0.4, 0.5) is 5.69 Å². The van der Waals surface area contributed by atoms with Crippen LogP contribution in [-0.4, -0.2) is 31.8 Å². The van der Waals surface area contributed by atoms with Crippen LogP contribution in [0.15, 0.2) is 57.4 Å². The van der Waals surface area contributed by atoms with Gasteiger partial charge in [0, 0.05) is 30.9 Å². The number of pyridine rings is 1. The van der Waals surface area contributed by atoms with Crippen LogP contribution in [0.1, 0.15) is 0 Å². The van der Waals surface area contributed by atoms with Gasteiger partial charge in [-0.3, -0.25) is 0 Å². The van der Waals surface area contributed by atoms with Crippen molar-refractivity contribution in [2.75, 3.05) is 19.8 Å². The molecule has 0 saturated heterocycles. The normalized spacial score (nSPS) is 11.8. The second-order valence-corrected chi connectivity index (χ2v) is 7.47. The predicted molar refractivity (Wildman–Crippen MR) is 80.1 cm³/mol. The van der Waals surface area contributed by atoms with Gasteiger partial charge in [-0.1, -0.05) is 17.8 Å². The van der Waals surface area contributed by atoms with E-state index in [4.69, 9.17) is 5.73 Å². The van der Waals surface area contributed by atoms with Gasteiger partial charge in [0.1, 0.15) is 5.03 Å². The maximum absolute atomic E-state index is 12.0. The van der Waals surface area contributed by atoms with Crippen LogP contribution in [-0.2, 0) is 10.0 Å². The van der Waals surface area contributed by atoms with Crippen LogP contribution in [0, 0.1) is 0 Å². The number of nitrogens with zero attached hydrogens (tertiary/aromatic N) is 2. The summed E-state index contributed by atoms with van der Waals surface area (Å²) < 4.78 is 25.2. The van der Waals surface area contributed by atoms with Gasteiger partial charge in [-0.05, 0) is 30.3 Å². The first-order valence-electron chi connectivity index (χ1n) is 5.82. The largest absolute Gasteiger partial charge is 0.398 e. The molecule has 2 N–H and O–H groups in total. The molecular weight excluding hydrogens is 294 g/mol. The van der Waals surface area contributed by atoms with Crippen molar-refractivity contribution in [1.82, 2.24) is 9.29 Å². The average Bonchev–Trinajstić information content (AvgIpc) is 2.42. The van der Waals surface area contributed by atoms with Crippen molar-refractivity contribution < 1.29 is 8.42 Å². The zero-order valence-corrected chi connectivity index (χ0v) is 12.8. The van der Waals surface area contributed by atoms with Gasteiger partial charge in [-0.2, -0.15) is 0 Å². The van der Waals surface area contributed by atoms with E-state index in [0.717, 1.165) is 14.2 Å². The van der Waals surface area contributed by atoms with E-state index < -0.39 is 10.0 Å². The number of nitrogen functional groups attached to an aromatic ring is 1. The zero-order valence-electron chi connectivity index (χ0n) is 11.1. The summed E-state index contributed by atoms with van der Waals surface area (Å²) in [6.07, 6.45) is 1.70. The van der Waals surface area contributed by atoms with E-state index in [1.54, 1.807) is 18.3 Å². The Morgan fingerprint density at radius 1 is 1.20 bits per heavy atom. The molecule has 0 unspecified atom stereocenters. The Bertz CT molecular complexity index is 701. The highest BCUT2D eigenvalue weighted by Gasteiger charge is 2.18. The quantitative estimate of drug-likeness (QED) is 0.875. The van der Waals surface area contributed by atoms with Gasteiger partial charge in [0.05, 0.1) is 4.90 Å². The number of nitrogens with two attached hydrogens (primary N) is 1. The van der Waals surface area contributed by atoms with Crippen LogP contribution in [0.3, 0.4) is 0 Å². The van der Waals surface area contributed by atoms with Crippen LogP contribution < -0.4 is 5.73 Å². The molecule has 0 bridgehead atoms. The summed E-state index contributed by atoms with van der Waals surface area (Å²) >= 11 is 1.40. The molecule has 2 rings (SSSR count). The van der Waals surface area contributed by atoms with Gasteiger partial charge in [0.2, 0.25) is 10.0 Å². The summed E-state index contributed by atoms with van der Waals surface area (Å²) in [7, 11) is -0.484. The lowest BCUT2D eigenvalue weighted by Crippen LogP contribution is -2.22. The number of hydrogen-bond donors (Lipinski definition) is 1. The molecule has 0 aliphatic heterocycles. The third-order valence-corrected chi connectivity index (χ3v) is 5.47. The summed E-state index contributed by atoms with van der Waals surface area (Å²) in [5, 5.41) is 0.808. The summed E-state index contributed by atoms with van der Waals surface area (Å²) in [4.78, 5) is 5.16. The van der Waals surface area contributed by atoms with E-state index in [-0.39, 0.29) is 4.90 Å². The van der Waals surface area contributed by atoms with Crippen molar-refractivity contribution in [3.63, 3.8) is 0 Å². The second kappa shape index (κ2) is 5.82. The molecule has 0 radical (unpaired) electrons. The molecule has 0 aliphatic rings. The Labute approximate surface area is 122 Å². The fraction of sp³-hybridized carbons (Fsp3) is 0.154. The third-order valence-electron chi connectivity index (χ3n) is 2.61. The van der Waals surface area contributed by atoms with Gasteiger partial charge in [0.15, 0.2) is 0 Å². The maximum atomic E-state index is 12.0. The van der Waals surface area contributed by atoms with Gasteiger partial charge in [-0.15, -0.1) is 0 Å².